The topological polar surface area (TPSA) is 281 Å². The Morgan fingerprint density at radius 3 is 2.19 bits per heavy atom. The van der Waals surface area contributed by atoms with Crippen LogP contribution in [0.15, 0.2) is 17.5 Å². The number of hydrogen-bond donors (Lipinski definition) is 9. The molecule has 37 heavy (non-hydrogen) atoms. The summed E-state index contributed by atoms with van der Waals surface area (Å²) in [6, 6.07) is -5.05. The summed E-state index contributed by atoms with van der Waals surface area (Å²) in [6.07, 6.45) is 2.64. The number of carbonyl (C=O) groups is 5. The number of aliphatic imine (C=N–C) groups is 1. The summed E-state index contributed by atoms with van der Waals surface area (Å²) >= 11 is 0. The van der Waals surface area contributed by atoms with E-state index in [2.05, 4.69) is 30.9 Å². The standard InChI is InChI=1S/C21H35N9O7/c1-10(2)16(19(35)29-14(20(36)37)7-15(31)32)30-18(34)13(6-11-8-25-9-27-11)28-17(33)12(22)4-3-5-26-21(23)24/h8-10,12-14,16H,3-7,22H2,1-2H3,(H,25,27)(H,28,33)(H,29,35)(H,30,34)(H,31,32)(H,36,37)(H4,23,24,26). The molecule has 0 aliphatic heterocycles. The number of guanidine groups is 1. The molecular weight excluding hydrogens is 490 g/mol. The van der Waals surface area contributed by atoms with Crippen molar-refractivity contribution in [2.75, 3.05) is 6.54 Å². The maximum absolute atomic E-state index is 13.1. The monoisotopic (exact) mass is 525 g/mol. The number of nitrogens with one attached hydrogen (secondary N) is 4. The Kier molecular flexibility index (Phi) is 12.5. The molecule has 12 N–H and O–H groups in total. The van der Waals surface area contributed by atoms with Crippen LogP contribution in [0.1, 0.15) is 38.8 Å². The lowest BCUT2D eigenvalue weighted by Crippen LogP contribution is -2.59. The molecule has 0 bridgehead atoms. The van der Waals surface area contributed by atoms with Crippen molar-refractivity contribution in [2.45, 2.75) is 63.7 Å². The van der Waals surface area contributed by atoms with Gasteiger partial charge in [0.2, 0.25) is 17.7 Å². The molecule has 0 saturated heterocycles. The number of H-pyrrole nitrogens is 1. The highest BCUT2D eigenvalue weighted by atomic mass is 16.4. The van der Waals surface area contributed by atoms with Crippen LogP contribution >= 0.6 is 0 Å². The number of aliphatic carboxylic acids is 2. The first-order valence-corrected chi connectivity index (χ1v) is 11.5. The third kappa shape index (κ3) is 11.4. The fourth-order valence-electron chi connectivity index (χ4n) is 3.18. The number of imidazole rings is 1. The van der Waals surface area contributed by atoms with Gasteiger partial charge in [0, 0.05) is 24.9 Å². The molecule has 206 valence electrons. The highest BCUT2D eigenvalue weighted by Gasteiger charge is 2.32. The molecule has 0 aliphatic carbocycles. The molecule has 0 saturated carbocycles. The van der Waals surface area contributed by atoms with Crippen LogP contribution in [0, 0.1) is 5.92 Å². The Morgan fingerprint density at radius 2 is 1.68 bits per heavy atom. The molecule has 4 unspecified atom stereocenters. The van der Waals surface area contributed by atoms with Crippen molar-refractivity contribution in [3.05, 3.63) is 18.2 Å². The Bertz CT molecular complexity index is 962. The van der Waals surface area contributed by atoms with E-state index in [1.54, 1.807) is 13.8 Å². The van der Waals surface area contributed by atoms with E-state index in [-0.39, 0.29) is 25.3 Å². The van der Waals surface area contributed by atoms with Crippen LogP contribution in [-0.4, -0.2) is 86.5 Å². The van der Waals surface area contributed by atoms with E-state index in [0.29, 0.717) is 12.1 Å². The fourth-order valence-corrected chi connectivity index (χ4v) is 3.18. The first-order valence-electron chi connectivity index (χ1n) is 11.5. The van der Waals surface area contributed by atoms with Gasteiger partial charge in [0.15, 0.2) is 5.96 Å². The molecule has 1 rings (SSSR count). The zero-order chi connectivity index (χ0) is 28.1. The summed E-state index contributed by atoms with van der Waals surface area (Å²) < 4.78 is 0. The van der Waals surface area contributed by atoms with Crippen LogP contribution < -0.4 is 33.2 Å². The lowest BCUT2D eigenvalue weighted by molar-refractivity contribution is -0.147. The summed E-state index contributed by atoms with van der Waals surface area (Å²) in [6.45, 7) is 3.48. The van der Waals surface area contributed by atoms with Crippen LogP contribution in [-0.2, 0) is 30.4 Å². The Labute approximate surface area is 212 Å². The van der Waals surface area contributed by atoms with E-state index in [0.717, 1.165) is 0 Å². The van der Waals surface area contributed by atoms with Crippen molar-refractivity contribution in [3.63, 3.8) is 0 Å². The maximum Gasteiger partial charge on any atom is 0.326 e. The molecule has 1 aromatic rings. The number of hydrogen-bond acceptors (Lipinski definition) is 8. The van der Waals surface area contributed by atoms with Crippen LogP contribution in [0.5, 0.6) is 0 Å². The van der Waals surface area contributed by atoms with E-state index in [9.17, 15) is 29.1 Å². The van der Waals surface area contributed by atoms with Gasteiger partial charge in [-0.05, 0) is 18.8 Å². The molecule has 0 aromatic carbocycles. The second kappa shape index (κ2) is 15.0. The normalized spacial score (nSPS) is 14.1. The average Bonchev–Trinajstić information content (AvgIpc) is 3.31. The Hall–Kier alpha value is -4.21. The minimum atomic E-state index is -1.69. The number of carboxylic acid groups (broad SMARTS) is 2. The molecule has 0 fully saturated rings. The first-order chi connectivity index (χ1) is 17.3. The number of amides is 3. The van der Waals surface area contributed by atoms with Gasteiger partial charge in [-0.15, -0.1) is 0 Å². The van der Waals surface area contributed by atoms with Crippen LogP contribution in [0.25, 0.3) is 0 Å². The first kappa shape index (κ1) is 30.8. The fraction of sp³-hybridized carbons (Fsp3) is 0.571. The molecule has 1 aromatic heterocycles. The van der Waals surface area contributed by atoms with Crippen LogP contribution in [0.4, 0.5) is 0 Å². The summed E-state index contributed by atoms with van der Waals surface area (Å²) in [4.78, 5) is 71.3. The molecule has 0 spiro atoms. The third-order valence-electron chi connectivity index (χ3n) is 5.16. The van der Waals surface area contributed by atoms with E-state index in [1.165, 1.54) is 12.5 Å². The number of carboxylic acids is 2. The number of nitrogens with zero attached hydrogens (tertiary/aromatic N) is 2. The van der Waals surface area contributed by atoms with Gasteiger partial charge in [-0.2, -0.15) is 0 Å². The smallest absolute Gasteiger partial charge is 0.326 e. The number of aromatic nitrogens is 2. The van der Waals surface area contributed by atoms with E-state index < -0.39 is 66.2 Å². The summed E-state index contributed by atoms with van der Waals surface area (Å²) in [5.74, 6) is -5.81. The van der Waals surface area contributed by atoms with Crippen molar-refractivity contribution in [1.29, 1.82) is 0 Å². The lowest BCUT2D eigenvalue weighted by atomic mass is 10.0. The number of nitrogens with two attached hydrogens (primary N) is 3. The molecule has 16 heteroatoms. The SMILES string of the molecule is CC(C)C(NC(=O)C(Cc1cnc[nH]1)NC(=O)C(N)CCCN=C(N)N)C(=O)NC(CC(=O)O)C(=O)O. The molecule has 0 aliphatic rings. The van der Waals surface area contributed by atoms with E-state index in [1.807, 2.05) is 0 Å². The van der Waals surface area contributed by atoms with Gasteiger partial charge >= 0.3 is 11.9 Å². The predicted octanol–water partition coefficient (Wildman–Crippen LogP) is -3.00. The quantitative estimate of drug-likeness (QED) is 0.0595. The molecule has 16 nitrogen and oxygen atoms in total. The maximum atomic E-state index is 13.1. The second-order valence-corrected chi connectivity index (χ2v) is 8.63. The Morgan fingerprint density at radius 1 is 1.03 bits per heavy atom. The number of carbonyl (C=O) groups excluding carboxylic acids is 3. The van der Waals surface area contributed by atoms with Crippen molar-refractivity contribution >= 4 is 35.6 Å². The van der Waals surface area contributed by atoms with Gasteiger partial charge in [-0.1, -0.05) is 13.8 Å². The van der Waals surface area contributed by atoms with E-state index in [4.69, 9.17) is 22.3 Å². The van der Waals surface area contributed by atoms with Gasteiger partial charge in [0.25, 0.3) is 0 Å². The van der Waals surface area contributed by atoms with Crippen LogP contribution in [0.2, 0.25) is 0 Å². The van der Waals surface area contributed by atoms with E-state index >= 15 is 0 Å². The molecule has 1 heterocycles. The number of aromatic amines is 1. The zero-order valence-electron chi connectivity index (χ0n) is 20.6. The van der Waals surface area contributed by atoms with Crippen LogP contribution in [0.3, 0.4) is 0 Å². The Balaban J connectivity index is 2.96. The minimum absolute atomic E-state index is 0.0124. The lowest BCUT2D eigenvalue weighted by Gasteiger charge is -2.26. The highest BCUT2D eigenvalue weighted by molar-refractivity contribution is 5.94. The number of rotatable bonds is 16. The van der Waals surface area contributed by atoms with Gasteiger partial charge in [0.1, 0.15) is 18.1 Å². The minimum Gasteiger partial charge on any atom is -0.481 e. The average molecular weight is 526 g/mol. The van der Waals surface area contributed by atoms with Crippen molar-refractivity contribution < 1.29 is 34.2 Å². The summed E-state index contributed by atoms with van der Waals surface area (Å²) in [7, 11) is 0. The molecule has 3 amide bonds. The third-order valence-corrected chi connectivity index (χ3v) is 5.16. The zero-order valence-corrected chi connectivity index (χ0v) is 20.6. The van der Waals surface area contributed by atoms with Gasteiger partial charge in [-0.25, -0.2) is 9.78 Å². The van der Waals surface area contributed by atoms with Gasteiger partial charge < -0.3 is 48.3 Å². The predicted molar refractivity (Wildman–Crippen MR) is 131 cm³/mol. The largest absolute Gasteiger partial charge is 0.481 e. The molecule has 0 radical (unpaired) electrons. The molecular formula is C21H35N9O7. The molecule has 4 atom stereocenters. The van der Waals surface area contributed by atoms with Gasteiger partial charge in [-0.3, -0.25) is 24.2 Å². The van der Waals surface area contributed by atoms with Crippen molar-refractivity contribution in [3.8, 4) is 0 Å². The van der Waals surface area contributed by atoms with Crippen molar-refractivity contribution in [2.24, 2.45) is 28.1 Å². The summed E-state index contributed by atoms with van der Waals surface area (Å²) in [5, 5.41) is 25.3. The van der Waals surface area contributed by atoms with Crippen molar-refractivity contribution in [1.82, 2.24) is 25.9 Å². The highest BCUT2D eigenvalue weighted by Crippen LogP contribution is 2.07. The summed E-state index contributed by atoms with van der Waals surface area (Å²) in [5.41, 5.74) is 17.0. The van der Waals surface area contributed by atoms with Gasteiger partial charge in [0.05, 0.1) is 18.8 Å². The second-order valence-electron chi connectivity index (χ2n) is 8.63.